The summed E-state index contributed by atoms with van der Waals surface area (Å²) >= 11 is 0. The van der Waals surface area contributed by atoms with Crippen molar-refractivity contribution in [1.82, 2.24) is 29.8 Å². The van der Waals surface area contributed by atoms with Gasteiger partial charge in [-0.25, -0.2) is 14.1 Å². The van der Waals surface area contributed by atoms with Gasteiger partial charge in [-0.3, -0.25) is 4.79 Å². The van der Waals surface area contributed by atoms with Crippen molar-refractivity contribution in [1.29, 1.82) is 0 Å². The number of aromatic nitrogens is 5. The zero-order chi connectivity index (χ0) is 26.9. The van der Waals surface area contributed by atoms with Crippen molar-refractivity contribution in [3.63, 3.8) is 0 Å². The Hall–Kier alpha value is -3.50. The van der Waals surface area contributed by atoms with E-state index in [1.165, 1.54) is 18.8 Å². The Kier molecular flexibility index (Phi) is 7.22. The number of carbonyl (C=O) groups excluding carboxylic acids is 1. The predicted molar refractivity (Wildman–Crippen MR) is 141 cm³/mol. The second kappa shape index (κ2) is 10.9. The molecule has 0 spiro atoms. The number of anilines is 1. The molecule has 1 aromatic carbocycles. The van der Waals surface area contributed by atoms with Gasteiger partial charge in [-0.1, -0.05) is 25.1 Å². The Bertz CT molecular complexity index is 1300. The minimum absolute atomic E-state index is 0.0220. The number of carbonyl (C=O) groups is 1. The first-order valence-electron chi connectivity index (χ1n) is 14.1. The minimum Gasteiger partial charge on any atom is -0.493 e. The fraction of sp³-hybridized carbons (Fsp3) is 0.607. The van der Waals surface area contributed by atoms with Crippen molar-refractivity contribution in [3.8, 4) is 5.75 Å². The summed E-state index contributed by atoms with van der Waals surface area (Å²) in [6, 6.07) is 5.48. The summed E-state index contributed by atoms with van der Waals surface area (Å²) in [4.78, 5) is 25.4. The van der Waals surface area contributed by atoms with Gasteiger partial charge in [0.05, 0.1) is 26.1 Å². The van der Waals surface area contributed by atoms with E-state index in [0.717, 1.165) is 55.8 Å². The molecule has 1 amide bonds. The van der Waals surface area contributed by atoms with E-state index >= 15 is 0 Å². The van der Waals surface area contributed by atoms with Gasteiger partial charge in [-0.05, 0) is 55.1 Å². The molecule has 10 nitrogen and oxygen atoms in total. The van der Waals surface area contributed by atoms with Crippen molar-refractivity contribution in [2.24, 2.45) is 17.8 Å². The van der Waals surface area contributed by atoms with Crippen LogP contribution < -0.4 is 9.64 Å². The molecule has 0 bridgehead atoms. The maximum atomic E-state index is 14.8. The van der Waals surface area contributed by atoms with Crippen molar-refractivity contribution in [3.05, 3.63) is 47.6 Å². The minimum atomic E-state index is -0.404. The maximum absolute atomic E-state index is 14.8. The van der Waals surface area contributed by atoms with Gasteiger partial charge in [-0.2, -0.15) is 10.1 Å². The summed E-state index contributed by atoms with van der Waals surface area (Å²) in [5.74, 6) is 3.94. The van der Waals surface area contributed by atoms with E-state index in [-0.39, 0.29) is 18.2 Å². The van der Waals surface area contributed by atoms with Crippen LogP contribution in [0.4, 0.5) is 10.4 Å². The molecular weight excluding hydrogens is 501 g/mol. The lowest BCUT2D eigenvalue weighted by Crippen LogP contribution is -2.39. The van der Waals surface area contributed by atoms with E-state index in [1.807, 2.05) is 0 Å². The fourth-order valence-corrected chi connectivity index (χ4v) is 5.93. The molecule has 0 N–H and O–H groups in total. The summed E-state index contributed by atoms with van der Waals surface area (Å²) in [5.41, 5.74) is 0.383. The van der Waals surface area contributed by atoms with E-state index in [2.05, 4.69) is 39.0 Å². The molecule has 11 heteroatoms. The molecule has 39 heavy (non-hydrogen) atoms. The first kappa shape index (κ1) is 25.8. The number of hydrogen-bond acceptors (Lipinski definition) is 8. The molecular formula is C28H36FN7O3. The molecule has 6 rings (SSSR count). The number of amides is 1. The van der Waals surface area contributed by atoms with Gasteiger partial charge in [0.25, 0.3) is 0 Å². The molecule has 1 aliphatic carbocycles. The van der Waals surface area contributed by atoms with Crippen molar-refractivity contribution >= 4 is 11.9 Å². The fourth-order valence-electron chi connectivity index (χ4n) is 5.93. The van der Waals surface area contributed by atoms with Gasteiger partial charge in [0, 0.05) is 31.6 Å². The molecule has 3 aromatic rings. The number of benzene rings is 1. The molecule has 2 atom stereocenters. The number of halogens is 1. The van der Waals surface area contributed by atoms with Crippen LogP contribution in [0.1, 0.15) is 62.7 Å². The van der Waals surface area contributed by atoms with Crippen LogP contribution in [-0.4, -0.2) is 62.0 Å². The zero-order valence-corrected chi connectivity index (χ0v) is 22.6. The maximum Gasteiger partial charge on any atom is 0.324 e. The van der Waals surface area contributed by atoms with Crippen LogP contribution in [0.5, 0.6) is 5.75 Å². The van der Waals surface area contributed by atoms with Crippen LogP contribution in [-0.2, 0) is 24.3 Å². The van der Waals surface area contributed by atoms with Crippen LogP contribution >= 0.6 is 0 Å². The van der Waals surface area contributed by atoms with Gasteiger partial charge in [-0.15, -0.1) is 0 Å². The lowest BCUT2D eigenvalue weighted by molar-refractivity contribution is -0.132. The highest BCUT2D eigenvalue weighted by Crippen LogP contribution is 2.50. The van der Waals surface area contributed by atoms with E-state index in [1.54, 1.807) is 21.7 Å². The molecule has 0 radical (unpaired) electrons. The molecule has 4 heterocycles. The lowest BCUT2D eigenvalue weighted by Gasteiger charge is -2.30. The van der Waals surface area contributed by atoms with E-state index in [4.69, 9.17) is 9.26 Å². The number of hydrogen-bond donors (Lipinski definition) is 0. The van der Waals surface area contributed by atoms with Crippen LogP contribution in [0.2, 0.25) is 0 Å². The monoisotopic (exact) mass is 537 g/mol. The number of fused-ring (bicyclic) bond motifs is 1. The smallest absolute Gasteiger partial charge is 0.324 e. The molecule has 3 aliphatic rings. The van der Waals surface area contributed by atoms with Crippen LogP contribution in [0.15, 0.2) is 29.0 Å². The SMILES string of the molecule is CC(C)c1noc(N2CCC([C@H]3C[C@H]3CCOc3ccc(CC(=O)N4CCn5ncnc5C4)c(F)c3)CC2)n1. The third kappa shape index (κ3) is 5.77. The topological polar surface area (TPSA) is 102 Å². The molecule has 0 unspecified atom stereocenters. The lowest BCUT2D eigenvalue weighted by atomic mass is 9.90. The van der Waals surface area contributed by atoms with Gasteiger partial charge in [0.1, 0.15) is 23.7 Å². The van der Waals surface area contributed by atoms with Gasteiger partial charge < -0.3 is 19.1 Å². The predicted octanol–water partition coefficient (Wildman–Crippen LogP) is 3.83. The number of piperidine rings is 1. The summed E-state index contributed by atoms with van der Waals surface area (Å²) in [5, 5.41) is 8.22. The van der Waals surface area contributed by atoms with E-state index in [0.29, 0.717) is 49.5 Å². The van der Waals surface area contributed by atoms with Crippen molar-refractivity contribution < 1.29 is 18.4 Å². The standard InChI is InChI=1S/C28H36FN7O3/c1-18(2)27-32-28(39-33-27)34-8-5-19(6-9-34)23-13-20(23)7-12-38-22-4-3-21(24(29)15-22)14-26(37)35-10-11-36-25(16-35)30-17-31-36/h3-4,15,17-20,23H,5-14,16H2,1-2H3/t20-,23-/m1/s1. The number of nitrogens with zero attached hydrogens (tertiary/aromatic N) is 7. The quantitative estimate of drug-likeness (QED) is 0.406. The Labute approximate surface area is 227 Å². The molecule has 1 saturated carbocycles. The highest BCUT2D eigenvalue weighted by Gasteiger charge is 2.43. The summed E-state index contributed by atoms with van der Waals surface area (Å²) in [7, 11) is 0. The van der Waals surface area contributed by atoms with Crippen molar-refractivity contribution in [2.45, 2.75) is 65.0 Å². The largest absolute Gasteiger partial charge is 0.493 e. The average Bonchev–Trinajstić information content (AvgIpc) is 3.31. The first-order valence-corrected chi connectivity index (χ1v) is 14.1. The van der Waals surface area contributed by atoms with Crippen LogP contribution in [0.3, 0.4) is 0 Å². The summed E-state index contributed by atoms with van der Waals surface area (Å²) in [6.07, 6.45) is 6.03. The number of rotatable bonds is 9. The highest BCUT2D eigenvalue weighted by atomic mass is 19.1. The second-order valence-electron chi connectivity index (χ2n) is 11.4. The average molecular weight is 538 g/mol. The Morgan fingerprint density at radius 3 is 2.82 bits per heavy atom. The normalized spacial score (nSPS) is 21.3. The zero-order valence-electron chi connectivity index (χ0n) is 22.6. The molecule has 2 fully saturated rings. The summed E-state index contributed by atoms with van der Waals surface area (Å²) in [6.45, 7) is 8.19. The highest BCUT2D eigenvalue weighted by molar-refractivity contribution is 5.79. The van der Waals surface area contributed by atoms with Crippen LogP contribution in [0, 0.1) is 23.6 Å². The van der Waals surface area contributed by atoms with Crippen molar-refractivity contribution in [2.75, 3.05) is 31.1 Å². The third-order valence-corrected chi connectivity index (χ3v) is 8.43. The van der Waals surface area contributed by atoms with E-state index < -0.39 is 5.82 Å². The third-order valence-electron chi connectivity index (χ3n) is 8.43. The molecule has 2 aliphatic heterocycles. The Morgan fingerprint density at radius 1 is 1.21 bits per heavy atom. The summed E-state index contributed by atoms with van der Waals surface area (Å²) < 4.78 is 27.9. The number of ether oxygens (including phenoxy) is 1. The van der Waals surface area contributed by atoms with Crippen LogP contribution in [0.25, 0.3) is 0 Å². The second-order valence-corrected chi connectivity index (χ2v) is 11.4. The molecule has 1 saturated heterocycles. The van der Waals surface area contributed by atoms with Gasteiger partial charge in [0.2, 0.25) is 5.91 Å². The Balaban J connectivity index is 0.916. The first-order chi connectivity index (χ1) is 18.9. The van der Waals surface area contributed by atoms with Gasteiger partial charge in [0.15, 0.2) is 5.82 Å². The van der Waals surface area contributed by atoms with Gasteiger partial charge >= 0.3 is 6.01 Å². The van der Waals surface area contributed by atoms with E-state index in [9.17, 15) is 9.18 Å². The molecule has 2 aromatic heterocycles. The molecule has 208 valence electrons. The Morgan fingerprint density at radius 2 is 2.05 bits per heavy atom.